The predicted molar refractivity (Wildman–Crippen MR) is 77.8 cm³/mol. The van der Waals surface area contributed by atoms with Crippen LogP contribution in [0, 0.1) is 12.8 Å². The minimum Gasteiger partial charge on any atom is -0.308 e. The lowest BCUT2D eigenvalue weighted by Gasteiger charge is -2.11. The van der Waals surface area contributed by atoms with Crippen LogP contribution in [0.2, 0.25) is 0 Å². The lowest BCUT2D eigenvalue weighted by molar-refractivity contribution is 0.527. The van der Waals surface area contributed by atoms with Gasteiger partial charge in [0.1, 0.15) is 4.90 Å². The van der Waals surface area contributed by atoms with E-state index in [0.717, 1.165) is 19.3 Å². The van der Waals surface area contributed by atoms with E-state index in [1.807, 2.05) is 13.8 Å². The van der Waals surface area contributed by atoms with Gasteiger partial charge in [-0.1, -0.05) is 20.3 Å². The number of H-pyrrole nitrogens is 1. The molecule has 0 saturated heterocycles. The molecule has 1 fully saturated rings. The van der Waals surface area contributed by atoms with Crippen molar-refractivity contribution in [1.29, 1.82) is 0 Å². The van der Waals surface area contributed by atoms with E-state index < -0.39 is 10.0 Å². The third kappa shape index (κ3) is 3.80. The number of sulfonamides is 1. The maximum atomic E-state index is 12.4. The fourth-order valence-electron chi connectivity index (χ4n) is 1.94. The van der Waals surface area contributed by atoms with Crippen molar-refractivity contribution >= 4 is 10.0 Å². The van der Waals surface area contributed by atoms with Crippen LogP contribution in [0.15, 0.2) is 4.90 Å². The average Bonchev–Trinajstić information content (AvgIpc) is 3.16. The molecule has 1 saturated carbocycles. The van der Waals surface area contributed by atoms with Gasteiger partial charge in [0.15, 0.2) is 0 Å². The molecule has 114 valence electrons. The van der Waals surface area contributed by atoms with Crippen molar-refractivity contribution in [2.45, 2.75) is 57.5 Å². The third-order valence-electron chi connectivity index (χ3n) is 3.68. The first-order valence-electron chi connectivity index (χ1n) is 7.21. The summed E-state index contributed by atoms with van der Waals surface area (Å²) in [4.78, 5) is 0.300. The van der Waals surface area contributed by atoms with Crippen LogP contribution in [0.3, 0.4) is 0 Å². The highest BCUT2D eigenvalue weighted by Gasteiger charge is 2.26. The highest BCUT2D eigenvalue weighted by Crippen LogP contribution is 2.22. The van der Waals surface area contributed by atoms with Gasteiger partial charge < -0.3 is 5.32 Å². The fourth-order valence-corrected chi connectivity index (χ4v) is 3.47. The van der Waals surface area contributed by atoms with Crippen LogP contribution >= 0.6 is 0 Å². The Morgan fingerprint density at radius 2 is 2.15 bits per heavy atom. The third-order valence-corrected chi connectivity index (χ3v) is 5.31. The summed E-state index contributed by atoms with van der Waals surface area (Å²) in [5.74, 6) is 0.324. The van der Waals surface area contributed by atoms with Crippen LogP contribution in [0.25, 0.3) is 0 Å². The van der Waals surface area contributed by atoms with E-state index in [4.69, 9.17) is 0 Å². The number of hydrogen-bond acceptors (Lipinski definition) is 4. The molecule has 2 rings (SSSR count). The molecule has 1 heterocycles. The largest absolute Gasteiger partial charge is 0.308 e. The van der Waals surface area contributed by atoms with Gasteiger partial charge in [0.05, 0.1) is 11.4 Å². The van der Waals surface area contributed by atoms with Gasteiger partial charge in [-0.3, -0.25) is 5.10 Å². The van der Waals surface area contributed by atoms with Gasteiger partial charge in [0, 0.05) is 19.1 Å². The van der Waals surface area contributed by atoms with Gasteiger partial charge in [0.25, 0.3) is 0 Å². The molecule has 7 heteroatoms. The first-order chi connectivity index (χ1) is 9.44. The quantitative estimate of drug-likeness (QED) is 0.675. The van der Waals surface area contributed by atoms with Gasteiger partial charge in [-0.05, 0) is 25.7 Å². The molecule has 0 amide bonds. The zero-order valence-electron chi connectivity index (χ0n) is 12.4. The van der Waals surface area contributed by atoms with Gasteiger partial charge in [-0.25, -0.2) is 13.1 Å². The Hall–Kier alpha value is -0.920. The summed E-state index contributed by atoms with van der Waals surface area (Å²) in [6.45, 7) is 6.77. The lowest BCUT2D eigenvalue weighted by Crippen LogP contribution is -2.30. The maximum absolute atomic E-state index is 12.4. The number of rotatable bonds is 8. The smallest absolute Gasteiger partial charge is 0.244 e. The van der Waals surface area contributed by atoms with Crippen molar-refractivity contribution in [2.75, 3.05) is 6.54 Å². The van der Waals surface area contributed by atoms with Crippen LogP contribution in [0.5, 0.6) is 0 Å². The molecule has 0 aliphatic heterocycles. The van der Waals surface area contributed by atoms with Crippen LogP contribution in [0.4, 0.5) is 0 Å². The molecule has 1 unspecified atom stereocenters. The summed E-state index contributed by atoms with van der Waals surface area (Å²) in [5.41, 5.74) is 1.17. The minimum absolute atomic E-state index is 0.300. The Balaban J connectivity index is 2.10. The number of hydrogen-bond donors (Lipinski definition) is 3. The summed E-state index contributed by atoms with van der Waals surface area (Å²) in [7, 11) is -3.49. The Kier molecular flexibility index (Phi) is 4.82. The van der Waals surface area contributed by atoms with E-state index in [0.29, 0.717) is 41.3 Å². The Morgan fingerprint density at radius 3 is 2.75 bits per heavy atom. The van der Waals surface area contributed by atoms with Crippen molar-refractivity contribution in [3.63, 3.8) is 0 Å². The standard InChI is InChI=1S/C13H24N4O2S/c1-4-9(2)7-15-20(18,19)13-10(3)16-17-12(13)8-14-11-5-6-11/h9,11,14-15H,4-8H2,1-3H3,(H,16,17). The van der Waals surface area contributed by atoms with E-state index in [1.165, 1.54) is 0 Å². The summed E-state index contributed by atoms with van der Waals surface area (Å²) in [6, 6.07) is 0.524. The first-order valence-corrected chi connectivity index (χ1v) is 8.69. The van der Waals surface area contributed by atoms with Crippen molar-refractivity contribution in [3.8, 4) is 0 Å². The number of aryl methyl sites for hydroxylation is 1. The molecule has 0 aromatic carbocycles. The normalized spacial score (nSPS) is 17.4. The average molecular weight is 300 g/mol. The number of nitrogens with zero attached hydrogens (tertiary/aromatic N) is 1. The van der Waals surface area contributed by atoms with E-state index in [9.17, 15) is 8.42 Å². The first kappa shape index (κ1) is 15.5. The highest BCUT2D eigenvalue weighted by molar-refractivity contribution is 7.89. The van der Waals surface area contributed by atoms with Crippen molar-refractivity contribution in [2.24, 2.45) is 5.92 Å². The van der Waals surface area contributed by atoms with Crippen LogP contribution in [-0.2, 0) is 16.6 Å². The molecule has 1 aromatic rings. The zero-order chi connectivity index (χ0) is 14.8. The second kappa shape index (κ2) is 6.24. The van der Waals surface area contributed by atoms with Gasteiger partial charge in [-0.15, -0.1) is 0 Å². The Bertz CT molecular complexity index is 549. The predicted octanol–water partition coefficient (Wildman–Crippen LogP) is 1.29. The minimum atomic E-state index is -3.49. The Labute approximate surface area is 120 Å². The molecule has 1 atom stereocenters. The van der Waals surface area contributed by atoms with Gasteiger partial charge in [-0.2, -0.15) is 5.10 Å². The fraction of sp³-hybridized carbons (Fsp3) is 0.769. The molecule has 20 heavy (non-hydrogen) atoms. The van der Waals surface area contributed by atoms with E-state index >= 15 is 0 Å². The van der Waals surface area contributed by atoms with Crippen molar-refractivity contribution in [3.05, 3.63) is 11.4 Å². The molecule has 1 aromatic heterocycles. The zero-order valence-corrected chi connectivity index (χ0v) is 13.2. The molecule has 0 spiro atoms. The molecule has 1 aliphatic carbocycles. The number of nitrogens with one attached hydrogen (secondary N) is 3. The second-order valence-corrected chi connectivity index (χ2v) is 7.35. The van der Waals surface area contributed by atoms with Crippen LogP contribution in [0.1, 0.15) is 44.5 Å². The van der Waals surface area contributed by atoms with Gasteiger partial charge in [0.2, 0.25) is 10.0 Å². The van der Waals surface area contributed by atoms with Crippen LogP contribution in [-0.4, -0.2) is 31.2 Å². The summed E-state index contributed by atoms with van der Waals surface area (Å²) >= 11 is 0. The topological polar surface area (TPSA) is 86.9 Å². The molecule has 6 nitrogen and oxygen atoms in total. The van der Waals surface area contributed by atoms with E-state index in [2.05, 4.69) is 20.2 Å². The van der Waals surface area contributed by atoms with Crippen LogP contribution < -0.4 is 10.0 Å². The lowest BCUT2D eigenvalue weighted by atomic mass is 10.1. The second-order valence-electron chi connectivity index (χ2n) is 5.64. The molecule has 0 bridgehead atoms. The van der Waals surface area contributed by atoms with Crippen molar-refractivity contribution < 1.29 is 8.42 Å². The summed E-state index contributed by atoms with van der Waals surface area (Å²) in [5, 5.41) is 10.2. The summed E-state index contributed by atoms with van der Waals surface area (Å²) < 4.78 is 27.5. The van der Waals surface area contributed by atoms with E-state index in [1.54, 1.807) is 6.92 Å². The molecule has 3 N–H and O–H groups in total. The number of aromatic nitrogens is 2. The molecular weight excluding hydrogens is 276 g/mol. The van der Waals surface area contributed by atoms with Gasteiger partial charge >= 0.3 is 0 Å². The van der Waals surface area contributed by atoms with E-state index in [-0.39, 0.29) is 0 Å². The SMILES string of the molecule is CCC(C)CNS(=O)(=O)c1c(CNC2CC2)n[nH]c1C. The molecule has 1 aliphatic rings. The monoisotopic (exact) mass is 300 g/mol. The van der Waals surface area contributed by atoms with Crippen molar-refractivity contribution in [1.82, 2.24) is 20.2 Å². The summed E-state index contributed by atoms with van der Waals surface area (Å²) in [6.07, 6.45) is 3.28. The molecule has 0 radical (unpaired) electrons. The number of aromatic amines is 1. The Morgan fingerprint density at radius 1 is 1.45 bits per heavy atom. The highest BCUT2D eigenvalue weighted by atomic mass is 32.2. The molecular formula is C13H24N4O2S. The maximum Gasteiger partial charge on any atom is 0.244 e.